The molecule has 15 heavy (non-hydrogen) atoms. The SMILES string of the molecule is CCN(CCCC(C)(C)N)C1CCCC1. The van der Waals surface area contributed by atoms with Gasteiger partial charge in [0.1, 0.15) is 0 Å². The average molecular weight is 212 g/mol. The highest BCUT2D eigenvalue weighted by Gasteiger charge is 2.21. The van der Waals surface area contributed by atoms with Crippen LogP contribution in [-0.4, -0.2) is 29.6 Å². The average Bonchev–Trinajstić information content (AvgIpc) is 2.63. The van der Waals surface area contributed by atoms with Gasteiger partial charge in [-0.1, -0.05) is 19.8 Å². The molecule has 1 rings (SSSR count). The molecular formula is C13H28N2. The van der Waals surface area contributed by atoms with Gasteiger partial charge in [0.2, 0.25) is 0 Å². The Morgan fingerprint density at radius 1 is 1.27 bits per heavy atom. The minimum atomic E-state index is 0.00902. The molecule has 0 bridgehead atoms. The summed E-state index contributed by atoms with van der Waals surface area (Å²) in [5.41, 5.74) is 6.01. The lowest BCUT2D eigenvalue weighted by Gasteiger charge is -2.28. The smallest absolute Gasteiger partial charge is 0.00975 e. The van der Waals surface area contributed by atoms with Crippen LogP contribution in [0.4, 0.5) is 0 Å². The monoisotopic (exact) mass is 212 g/mol. The number of hydrogen-bond acceptors (Lipinski definition) is 2. The summed E-state index contributed by atoms with van der Waals surface area (Å²) in [7, 11) is 0. The molecule has 0 saturated heterocycles. The highest BCUT2D eigenvalue weighted by atomic mass is 15.1. The maximum absolute atomic E-state index is 6.00. The fourth-order valence-corrected chi connectivity index (χ4v) is 2.61. The van der Waals surface area contributed by atoms with Gasteiger partial charge in [-0.2, -0.15) is 0 Å². The van der Waals surface area contributed by atoms with E-state index in [9.17, 15) is 0 Å². The Morgan fingerprint density at radius 2 is 1.87 bits per heavy atom. The molecule has 1 aliphatic carbocycles. The van der Waals surface area contributed by atoms with Crippen molar-refractivity contribution in [3.8, 4) is 0 Å². The van der Waals surface area contributed by atoms with Crippen LogP contribution >= 0.6 is 0 Å². The fraction of sp³-hybridized carbons (Fsp3) is 1.00. The molecule has 0 spiro atoms. The van der Waals surface area contributed by atoms with Crippen molar-refractivity contribution in [1.82, 2.24) is 4.90 Å². The van der Waals surface area contributed by atoms with Gasteiger partial charge in [0, 0.05) is 11.6 Å². The third-order valence-electron chi connectivity index (χ3n) is 3.51. The zero-order valence-electron chi connectivity index (χ0n) is 10.8. The first-order valence-corrected chi connectivity index (χ1v) is 6.56. The predicted molar refractivity (Wildman–Crippen MR) is 67.0 cm³/mol. The van der Waals surface area contributed by atoms with Crippen LogP contribution in [-0.2, 0) is 0 Å². The second kappa shape index (κ2) is 5.86. The minimum absolute atomic E-state index is 0.00902. The maximum Gasteiger partial charge on any atom is 0.00975 e. The summed E-state index contributed by atoms with van der Waals surface area (Å²) in [6.07, 6.45) is 8.08. The topological polar surface area (TPSA) is 29.3 Å². The summed E-state index contributed by atoms with van der Waals surface area (Å²) in [5.74, 6) is 0. The van der Waals surface area contributed by atoms with Gasteiger partial charge in [-0.3, -0.25) is 0 Å². The van der Waals surface area contributed by atoms with Gasteiger partial charge in [0.05, 0.1) is 0 Å². The largest absolute Gasteiger partial charge is 0.326 e. The Balaban J connectivity index is 2.21. The predicted octanol–water partition coefficient (Wildman–Crippen LogP) is 2.77. The van der Waals surface area contributed by atoms with Gasteiger partial charge >= 0.3 is 0 Å². The van der Waals surface area contributed by atoms with Crippen molar-refractivity contribution < 1.29 is 0 Å². The Kier molecular flexibility index (Phi) is 5.07. The summed E-state index contributed by atoms with van der Waals surface area (Å²) in [6, 6.07) is 0.871. The highest BCUT2D eigenvalue weighted by molar-refractivity contribution is 4.78. The lowest BCUT2D eigenvalue weighted by Crippen LogP contribution is -2.37. The van der Waals surface area contributed by atoms with Gasteiger partial charge in [-0.25, -0.2) is 0 Å². The molecule has 0 heterocycles. The van der Waals surface area contributed by atoms with Crippen LogP contribution in [0, 0.1) is 0 Å². The zero-order valence-corrected chi connectivity index (χ0v) is 10.8. The lowest BCUT2D eigenvalue weighted by atomic mass is 10.00. The van der Waals surface area contributed by atoms with Gasteiger partial charge in [0.15, 0.2) is 0 Å². The Morgan fingerprint density at radius 3 is 2.33 bits per heavy atom. The molecule has 2 nitrogen and oxygen atoms in total. The van der Waals surface area contributed by atoms with Crippen molar-refractivity contribution in [3.63, 3.8) is 0 Å². The van der Waals surface area contributed by atoms with Crippen molar-refractivity contribution in [2.24, 2.45) is 5.73 Å². The van der Waals surface area contributed by atoms with Crippen LogP contribution in [0.3, 0.4) is 0 Å². The number of hydrogen-bond donors (Lipinski definition) is 1. The van der Waals surface area contributed by atoms with Crippen LogP contribution in [0.25, 0.3) is 0 Å². The molecule has 0 aliphatic heterocycles. The van der Waals surface area contributed by atoms with E-state index in [1.807, 2.05) is 0 Å². The van der Waals surface area contributed by atoms with E-state index in [-0.39, 0.29) is 5.54 Å². The number of nitrogens with two attached hydrogens (primary N) is 1. The van der Waals surface area contributed by atoms with Crippen molar-refractivity contribution in [2.75, 3.05) is 13.1 Å². The number of rotatable bonds is 6. The van der Waals surface area contributed by atoms with E-state index in [1.165, 1.54) is 45.2 Å². The van der Waals surface area contributed by atoms with E-state index < -0.39 is 0 Å². The van der Waals surface area contributed by atoms with Gasteiger partial charge in [0.25, 0.3) is 0 Å². The lowest BCUT2D eigenvalue weighted by molar-refractivity contribution is 0.200. The molecule has 2 N–H and O–H groups in total. The van der Waals surface area contributed by atoms with Crippen LogP contribution < -0.4 is 5.73 Å². The van der Waals surface area contributed by atoms with Crippen LogP contribution in [0.15, 0.2) is 0 Å². The summed E-state index contributed by atoms with van der Waals surface area (Å²) in [4.78, 5) is 2.65. The second-order valence-corrected chi connectivity index (χ2v) is 5.66. The molecule has 0 aromatic rings. The van der Waals surface area contributed by atoms with E-state index >= 15 is 0 Å². The second-order valence-electron chi connectivity index (χ2n) is 5.66. The first kappa shape index (κ1) is 13.0. The third kappa shape index (κ3) is 4.98. The molecule has 0 atom stereocenters. The Hall–Kier alpha value is -0.0800. The van der Waals surface area contributed by atoms with E-state index in [4.69, 9.17) is 5.73 Å². The first-order chi connectivity index (χ1) is 7.03. The molecule has 1 saturated carbocycles. The zero-order chi connectivity index (χ0) is 11.3. The molecule has 0 unspecified atom stereocenters. The van der Waals surface area contributed by atoms with E-state index in [0.717, 1.165) is 12.5 Å². The molecule has 1 aliphatic rings. The summed E-state index contributed by atoms with van der Waals surface area (Å²) >= 11 is 0. The molecule has 0 radical (unpaired) electrons. The van der Waals surface area contributed by atoms with Crippen molar-refractivity contribution in [1.29, 1.82) is 0 Å². The maximum atomic E-state index is 6.00. The van der Waals surface area contributed by atoms with Crippen molar-refractivity contribution in [2.45, 2.75) is 70.9 Å². The Labute approximate surface area is 95.2 Å². The third-order valence-corrected chi connectivity index (χ3v) is 3.51. The van der Waals surface area contributed by atoms with Gasteiger partial charge in [-0.15, -0.1) is 0 Å². The molecule has 0 amide bonds. The van der Waals surface area contributed by atoms with E-state index in [0.29, 0.717) is 0 Å². The van der Waals surface area contributed by atoms with E-state index in [2.05, 4.69) is 25.7 Å². The molecule has 0 aromatic carbocycles. The number of nitrogens with zero attached hydrogens (tertiary/aromatic N) is 1. The standard InChI is InChI=1S/C13H28N2/c1-4-15(12-8-5-6-9-12)11-7-10-13(2,3)14/h12H,4-11,14H2,1-3H3. The highest BCUT2D eigenvalue weighted by Crippen LogP contribution is 2.23. The van der Waals surface area contributed by atoms with Crippen molar-refractivity contribution >= 4 is 0 Å². The van der Waals surface area contributed by atoms with Crippen LogP contribution in [0.2, 0.25) is 0 Å². The quantitative estimate of drug-likeness (QED) is 0.733. The molecular weight excluding hydrogens is 184 g/mol. The van der Waals surface area contributed by atoms with Crippen molar-refractivity contribution in [3.05, 3.63) is 0 Å². The van der Waals surface area contributed by atoms with Crippen LogP contribution in [0.5, 0.6) is 0 Å². The fourth-order valence-electron chi connectivity index (χ4n) is 2.61. The van der Waals surface area contributed by atoms with Crippen LogP contribution in [0.1, 0.15) is 59.3 Å². The van der Waals surface area contributed by atoms with Gasteiger partial charge < -0.3 is 10.6 Å². The molecule has 0 aromatic heterocycles. The van der Waals surface area contributed by atoms with Gasteiger partial charge in [-0.05, 0) is 52.6 Å². The normalized spacial score (nSPS) is 19.0. The minimum Gasteiger partial charge on any atom is -0.326 e. The first-order valence-electron chi connectivity index (χ1n) is 6.56. The summed E-state index contributed by atoms with van der Waals surface area (Å²) in [6.45, 7) is 8.97. The molecule has 1 fully saturated rings. The Bertz CT molecular complexity index is 166. The van der Waals surface area contributed by atoms with E-state index in [1.54, 1.807) is 0 Å². The molecule has 90 valence electrons. The summed E-state index contributed by atoms with van der Waals surface area (Å²) in [5, 5.41) is 0. The molecule has 2 heteroatoms. The summed E-state index contributed by atoms with van der Waals surface area (Å²) < 4.78 is 0.